The SMILES string of the molecule is CCSc1cc(Br)cnc1C1Cc2ncc(C(F)(F)F)cc2NO1. The number of nitrogens with zero attached hydrogens (tertiary/aromatic N) is 2. The summed E-state index contributed by atoms with van der Waals surface area (Å²) < 4.78 is 39.1. The van der Waals surface area contributed by atoms with Crippen molar-refractivity contribution in [2.75, 3.05) is 11.2 Å². The molecule has 1 unspecified atom stereocenters. The molecule has 24 heavy (non-hydrogen) atoms. The number of halogens is 4. The van der Waals surface area contributed by atoms with Crippen LogP contribution in [0.4, 0.5) is 18.9 Å². The molecule has 0 saturated heterocycles. The quantitative estimate of drug-likeness (QED) is 0.708. The van der Waals surface area contributed by atoms with Crippen molar-refractivity contribution < 1.29 is 18.0 Å². The minimum atomic E-state index is -4.43. The van der Waals surface area contributed by atoms with Gasteiger partial charge in [0.15, 0.2) is 0 Å². The number of hydrogen-bond donors (Lipinski definition) is 1. The molecule has 2 aromatic rings. The Hall–Kier alpha value is -1.32. The van der Waals surface area contributed by atoms with Gasteiger partial charge in [-0.05, 0) is 33.8 Å². The third-order valence-electron chi connectivity index (χ3n) is 3.44. The Labute approximate surface area is 149 Å². The van der Waals surface area contributed by atoms with E-state index in [1.165, 1.54) is 0 Å². The fraction of sp³-hybridized carbons (Fsp3) is 0.333. The van der Waals surface area contributed by atoms with Crippen LogP contribution in [0.5, 0.6) is 0 Å². The van der Waals surface area contributed by atoms with Crippen LogP contribution in [0.25, 0.3) is 0 Å². The minimum Gasteiger partial charge on any atom is -0.266 e. The average Bonchev–Trinajstić information content (AvgIpc) is 2.53. The van der Waals surface area contributed by atoms with Crippen LogP contribution < -0.4 is 5.48 Å². The zero-order valence-electron chi connectivity index (χ0n) is 12.5. The number of anilines is 1. The number of rotatable bonds is 3. The smallest absolute Gasteiger partial charge is 0.266 e. The van der Waals surface area contributed by atoms with Gasteiger partial charge in [0.1, 0.15) is 6.10 Å². The molecule has 1 atom stereocenters. The van der Waals surface area contributed by atoms with Crippen LogP contribution in [0.3, 0.4) is 0 Å². The van der Waals surface area contributed by atoms with Gasteiger partial charge >= 0.3 is 6.18 Å². The van der Waals surface area contributed by atoms with Crippen molar-refractivity contribution in [3.63, 3.8) is 0 Å². The van der Waals surface area contributed by atoms with Gasteiger partial charge in [-0.2, -0.15) is 13.2 Å². The van der Waals surface area contributed by atoms with E-state index in [0.717, 1.165) is 33.1 Å². The largest absolute Gasteiger partial charge is 0.417 e. The fourth-order valence-electron chi connectivity index (χ4n) is 2.35. The Kier molecular flexibility index (Phi) is 5.03. The lowest BCUT2D eigenvalue weighted by Gasteiger charge is -2.26. The Morgan fingerprint density at radius 2 is 2.12 bits per heavy atom. The third kappa shape index (κ3) is 3.68. The summed E-state index contributed by atoms with van der Waals surface area (Å²) in [4.78, 5) is 14.9. The summed E-state index contributed by atoms with van der Waals surface area (Å²) >= 11 is 5.02. The van der Waals surface area contributed by atoms with Crippen molar-refractivity contribution >= 4 is 33.4 Å². The van der Waals surface area contributed by atoms with E-state index >= 15 is 0 Å². The van der Waals surface area contributed by atoms with Crippen LogP contribution >= 0.6 is 27.7 Å². The van der Waals surface area contributed by atoms with Crippen molar-refractivity contribution in [2.24, 2.45) is 0 Å². The molecule has 0 bridgehead atoms. The zero-order chi connectivity index (χ0) is 17.3. The zero-order valence-corrected chi connectivity index (χ0v) is 14.9. The molecule has 4 nitrogen and oxygen atoms in total. The molecule has 1 N–H and O–H groups in total. The molecule has 1 aliphatic heterocycles. The molecule has 0 aliphatic carbocycles. The van der Waals surface area contributed by atoms with E-state index in [4.69, 9.17) is 4.84 Å². The molecular weight excluding hydrogens is 407 g/mol. The molecule has 1 aliphatic rings. The summed E-state index contributed by atoms with van der Waals surface area (Å²) in [5.74, 6) is 0.870. The Balaban J connectivity index is 1.88. The van der Waals surface area contributed by atoms with Crippen LogP contribution in [0.15, 0.2) is 33.9 Å². The Bertz CT molecular complexity index is 757. The summed E-state index contributed by atoms with van der Waals surface area (Å²) in [5.41, 5.74) is 3.28. The van der Waals surface area contributed by atoms with Gasteiger partial charge in [-0.15, -0.1) is 11.8 Å². The van der Waals surface area contributed by atoms with Gasteiger partial charge in [-0.3, -0.25) is 20.3 Å². The first-order chi connectivity index (χ1) is 11.4. The number of thioether (sulfide) groups is 1. The highest BCUT2D eigenvalue weighted by atomic mass is 79.9. The highest BCUT2D eigenvalue weighted by Crippen LogP contribution is 2.37. The third-order valence-corrected chi connectivity index (χ3v) is 4.80. The normalized spacial score (nSPS) is 17.3. The molecule has 0 saturated carbocycles. The lowest BCUT2D eigenvalue weighted by Crippen LogP contribution is -2.22. The number of fused-ring (bicyclic) bond motifs is 1. The molecule has 3 heterocycles. The van der Waals surface area contributed by atoms with Crippen LogP contribution in [0.2, 0.25) is 0 Å². The standard InChI is InChI=1S/C15H13BrF3N3OS/c1-2-24-13-4-9(16)7-21-14(13)12-5-10-11(22-23-12)3-8(6-20-10)15(17,18)19/h3-4,6-7,12,22H,2,5H2,1H3. The van der Waals surface area contributed by atoms with E-state index < -0.39 is 17.8 Å². The van der Waals surface area contributed by atoms with Crippen molar-refractivity contribution in [3.05, 3.63) is 46.0 Å². The summed E-state index contributed by atoms with van der Waals surface area (Å²) in [5, 5.41) is 0. The van der Waals surface area contributed by atoms with Crippen LogP contribution in [-0.4, -0.2) is 15.7 Å². The molecule has 0 amide bonds. The molecular formula is C15H13BrF3N3OS. The molecule has 0 radical (unpaired) electrons. The van der Waals surface area contributed by atoms with Crippen LogP contribution in [0.1, 0.15) is 30.0 Å². The molecule has 2 aromatic heterocycles. The topological polar surface area (TPSA) is 47.0 Å². The molecule has 0 aromatic carbocycles. The summed E-state index contributed by atoms with van der Waals surface area (Å²) in [6.45, 7) is 2.03. The van der Waals surface area contributed by atoms with E-state index in [1.54, 1.807) is 18.0 Å². The maximum absolute atomic E-state index is 12.7. The van der Waals surface area contributed by atoms with Gasteiger partial charge in [0.05, 0.1) is 22.6 Å². The molecule has 128 valence electrons. The lowest BCUT2D eigenvalue weighted by molar-refractivity contribution is -0.137. The first kappa shape index (κ1) is 17.5. The van der Waals surface area contributed by atoms with Crippen molar-refractivity contribution in [1.82, 2.24) is 9.97 Å². The number of hydrogen-bond acceptors (Lipinski definition) is 5. The van der Waals surface area contributed by atoms with Gasteiger partial charge < -0.3 is 0 Å². The van der Waals surface area contributed by atoms with E-state index in [0.29, 0.717) is 12.1 Å². The summed E-state index contributed by atoms with van der Waals surface area (Å²) in [6.07, 6.45) is -1.97. The predicted molar refractivity (Wildman–Crippen MR) is 88.7 cm³/mol. The Morgan fingerprint density at radius 3 is 2.83 bits per heavy atom. The Morgan fingerprint density at radius 1 is 1.33 bits per heavy atom. The van der Waals surface area contributed by atoms with Crippen molar-refractivity contribution in [2.45, 2.75) is 30.5 Å². The summed E-state index contributed by atoms with van der Waals surface area (Å²) in [7, 11) is 0. The van der Waals surface area contributed by atoms with Gasteiger partial charge in [0.25, 0.3) is 0 Å². The lowest BCUT2D eigenvalue weighted by atomic mass is 10.1. The van der Waals surface area contributed by atoms with Crippen molar-refractivity contribution in [1.29, 1.82) is 0 Å². The van der Waals surface area contributed by atoms with Gasteiger partial charge in [0.2, 0.25) is 0 Å². The fourth-order valence-corrected chi connectivity index (χ4v) is 3.68. The van der Waals surface area contributed by atoms with E-state index in [9.17, 15) is 13.2 Å². The van der Waals surface area contributed by atoms with Gasteiger partial charge in [-0.1, -0.05) is 6.92 Å². The maximum Gasteiger partial charge on any atom is 0.417 e. The maximum atomic E-state index is 12.7. The number of nitrogens with one attached hydrogen (secondary N) is 1. The number of pyridine rings is 2. The highest BCUT2D eigenvalue weighted by molar-refractivity contribution is 9.10. The van der Waals surface area contributed by atoms with E-state index in [1.807, 2.05) is 13.0 Å². The average molecular weight is 420 g/mol. The van der Waals surface area contributed by atoms with Crippen molar-refractivity contribution in [3.8, 4) is 0 Å². The van der Waals surface area contributed by atoms with E-state index in [-0.39, 0.29) is 5.69 Å². The minimum absolute atomic E-state index is 0.239. The second-order valence-corrected chi connectivity index (χ2v) is 7.32. The van der Waals surface area contributed by atoms with Crippen LogP contribution in [-0.2, 0) is 17.4 Å². The first-order valence-corrected chi connectivity index (χ1v) is 8.92. The molecule has 9 heteroatoms. The molecule has 0 fully saturated rings. The second-order valence-electron chi connectivity index (χ2n) is 5.10. The monoisotopic (exact) mass is 419 g/mol. The first-order valence-electron chi connectivity index (χ1n) is 7.14. The van der Waals surface area contributed by atoms with Gasteiger partial charge in [0, 0.05) is 28.2 Å². The van der Waals surface area contributed by atoms with E-state index in [2.05, 4.69) is 31.4 Å². The number of alkyl halides is 3. The molecule has 0 spiro atoms. The number of aromatic nitrogens is 2. The highest BCUT2D eigenvalue weighted by Gasteiger charge is 2.33. The summed E-state index contributed by atoms with van der Waals surface area (Å²) in [6, 6.07) is 2.96. The second kappa shape index (κ2) is 6.89. The van der Waals surface area contributed by atoms with Gasteiger partial charge in [-0.25, -0.2) is 0 Å². The molecule has 3 rings (SSSR count). The predicted octanol–water partition coefficient (Wildman–Crippen LogP) is 5.01. The van der Waals surface area contributed by atoms with Crippen LogP contribution in [0, 0.1) is 0 Å².